The van der Waals surface area contributed by atoms with Gasteiger partial charge < -0.3 is 54.1 Å². The Morgan fingerprint density at radius 3 is 2.01 bits per heavy atom. The molecule has 1 fully saturated rings. The Labute approximate surface area is 579 Å². The predicted molar refractivity (Wildman–Crippen MR) is 352 cm³/mol. The number of ether oxygens (including phenoxy) is 4. The van der Waals surface area contributed by atoms with Crippen LogP contribution in [0.1, 0.15) is 107 Å². The number of aryl methyl sites for hydroxylation is 2. The van der Waals surface area contributed by atoms with Gasteiger partial charge in [0.05, 0.1) is 73.5 Å². The average Bonchev–Trinajstić information content (AvgIpc) is 1.77. The van der Waals surface area contributed by atoms with E-state index >= 15 is 0 Å². The van der Waals surface area contributed by atoms with Gasteiger partial charge in [0, 0.05) is 37.7 Å². The van der Waals surface area contributed by atoms with Gasteiger partial charge in [-0.05, 0) is 131 Å². The fourth-order valence-corrected chi connectivity index (χ4v) is 11.3. The molecule has 34 heteroatoms. The topological polar surface area (TPSA) is 310 Å². The van der Waals surface area contributed by atoms with Crippen LogP contribution >= 0.6 is 65.4 Å². The Kier molecular flexibility index (Phi) is 30.8. The van der Waals surface area contributed by atoms with E-state index in [4.69, 9.17) is 102 Å². The van der Waals surface area contributed by atoms with E-state index in [9.17, 15) is 68.1 Å². The molecular formula is C63H68Cl5F6N4O17PS. The summed E-state index contributed by atoms with van der Waals surface area (Å²) in [4.78, 5) is 80.0. The number of hydrogen-bond donors (Lipinski definition) is 4. The second-order valence-corrected chi connectivity index (χ2v) is 28.5. The number of esters is 1. The van der Waals surface area contributed by atoms with Gasteiger partial charge in [0.1, 0.15) is 35.8 Å². The number of halogens is 11. The van der Waals surface area contributed by atoms with Crippen molar-refractivity contribution in [3.63, 3.8) is 0 Å². The average molecular weight is 1510 g/mol. The molecule has 0 radical (unpaired) electrons. The van der Waals surface area contributed by atoms with Gasteiger partial charge in [0.25, 0.3) is 5.91 Å². The summed E-state index contributed by atoms with van der Waals surface area (Å²) in [5.74, 6) is -3.59. The summed E-state index contributed by atoms with van der Waals surface area (Å²) < 4.78 is 137. The van der Waals surface area contributed by atoms with Crippen LogP contribution in [0.15, 0.2) is 113 Å². The number of carbonyl (C=O) groups is 6. The van der Waals surface area contributed by atoms with Crippen molar-refractivity contribution in [2.45, 2.75) is 113 Å². The second-order valence-electron chi connectivity index (χ2n) is 21.7. The molecule has 1 aliphatic carbocycles. The van der Waals surface area contributed by atoms with Gasteiger partial charge in [-0.25, -0.2) is 18.0 Å². The maximum atomic E-state index is 12.8. The van der Waals surface area contributed by atoms with Gasteiger partial charge in [0.2, 0.25) is 5.91 Å². The van der Waals surface area contributed by atoms with E-state index in [-0.39, 0.29) is 86.5 Å². The Morgan fingerprint density at radius 1 is 0.856 bits per heavy atom. The lowest BCUT2D eigenvalue weighted by molar-refractivity contribution is -0.146. The van der Waals surface area contributed by atoms with Gasteiger partial charge in [0.15, 0.2) is 39.7 Å². The first-order chi connectivity index (χ1) is 45.1. The first kappa shape index (κ1) is 82.4. The number of carbonyl (C=O) groups excluding carboxylic acids is 4. The molecule has 1 aromatic heterocycles. The molecule has 21 nitrogen and oxygen atoms in total. The van der Waals surface area contributed by atoms with Gasteiger partial charge in [-0.2, -0.15) is 26.3 Å². The van der Waals surface area contributed by atoms with Gasteiger partial charge >= 0.3 is 30.3 Å². The molecule has 0 spiro atoms. The summed E-state index contributed by atoms with van der Waals surface area (Å²) in [6.07, 6.45) is -6.22. The highest BCUT2D eigenvalue weighted by atomic mass is 35.5. The van der Waals surface area contributed by atoms with Crippen molar-refractivity contribution in [2.75, 3.05) is 55.1 Å². The summed E-state index contributed by atoms with van der Waals surface area (Å²) in [5, 5.41) is 20.3. The SMILES string of the molecule is CC1COc2ccccc2N1C(=O)C(Cl)Cl.CCc1cccc(C)c1N(C(=O)CCl)C(C)COC.CP(=O)(O)CCC(N)C(=O)O.CS(=O)(=O)c1cc(C(F)(F)F)ccc1C(=O)c1cnoc1C1CC1.C[C@H](OC(=O)c1cc(Oc2ccc(C(F)(F)F)cc2Cl)ccc1Cl)C(=O)O. The fourth-order valence-electron chi connectivity index (χ4n) is 8.85. The third-order valence-corrected chi connectivity index (χ3v) is 17.3. The number of alkyl halides is 9. The maximum absolute atomic E-state index is 12.8. The van der Waals surface area contributed by atoms with Crippen molar-refractivity contribution >= 4 is 122 Å². The quantitative estimate of drug-likeness (QED) is 0.0181. The first-order valence-electron chi connectivity index (χ1n) is 28.8. The molecule has 2 aliphatic rings. The van der Waals surface area contributed by atoms with E-state index in [1.165, 1.54) is 25.0 Å². The van der Waals surface area contributed by atoms with Gasteiger partial charge in [-0.1, -0.05) is 88.8 Å². The number of methoxy groups -OCH3 is 1. The minimum atomic E-state index is -4.71. The Hall–Kier alpha value is -6.98. The van der Waals surface area contributed by atoms with Crippen LogP contribution in [-0.4, -0.2) is 139 Å². The lowest BCUT2D eigenvalue weighted by Gasteiger charge is -2.35. The number of hydrogen-bond acceptors (Lipinski definition) is 16. The molecule has 2 heterocycles. The van der Waals surface area contributed by atoms with Crippen LogP contribution in [0.3, 0.4) is 0 Å². The normalized spacial score (nSPS) is 15.0. The molecule has 1 aliphatic heterocycles. The summed E-state index contributed by atoms with van der Waals surface area (Å²) in [5.41, 5.74) is 6.53. The number of aliphatic carboxylic acids is 2. The molecule has 97 heavy (non-hydrogen) atoms. The molecule has 4 unspecified atom stereocenters. The van der Waals surface area contributed by atoms with E-state index < -0.39 is 86.3 Å². The summed E-state index contributed by atoms with van der Waals surface area (Å²) >= 11 is 28.7. The van der Waals surface area contributed by atoms with E-state index in [1.807, 2.05) is 57.2 Å². The smallest absolute Gasteiger partial charge is 0.416 e. The molecule has 0 bridgehead atoms. The number of amides is 2. The van der Waals surface area contributed by atoms with Crippen LogP contribution in [-0.2, 0) is 61.8 Å². The summed E-state index contributed by atoms with van der Waals surface area (Å²) in [6.45, 7) is 11.2. The number of carboxylic acid groups (broad SMARTS) is 2. The first-order valence-corrected chi connectivity index (χ1v) is 35.2. The van der Waals surface area contributed by atoms with Crippen molar-refractivity contribution in [2.24, 2.45) is 5.73 Å². The lowest BCUT2D eigenvalue weighted by atomic mass is 10.0. The number of carboxylic acids is 2. The Bertz CT molecular complexity index is 3930. The van der Waals surface area contributed by atoms with Crippen molar-refractivity contribution in [3.05, 3.63) is 158 Å². The van der Waals surface area contributed by atoms with Crippen molar-refractivity contribution < 1.29 is 107 Å². The molecule has 6 aromatic rings. The third kappa shape index (κ3) is 24.5. The number of benzene rings is 5. The monoisotopic (exact) mass is 1500 g/mol. The zero-order chi connectivity index (χ0) is 73.2. The number of fused-ring (bicyclic) bond motifs is 1. The standard InChI is InChI=1S/C17H11Cl2F3O5.C15H22ClNO2.C15H12F3NO4S.C11H11Cl2NO2.C5H12NO4P/c1-8(15(23)24)26-16(25)11-7-10(3-4-12(11)18)27-14-5-2-9(6-13(14)19)17(20,21)22;1-5-13-8-6-7-11(2)15(13)17(14(18)9-16)12(3)10-19-4;1-24(21,22)12-6-9(15(16,17)18)4-5-10(12)13(20)11-7-19-23-14(11)8-2-3-8;1-7-6-16-9-5-3-2-4-8(9)14(7)11(15)10(12)13;1-11(9,10)3-2-4(6)5(7)8/h2-8H,1H3,(H,23,24);6-8,12H,5,9-10H2,1-4H3;4-8H,2-3H2,1H3;2-5,7,10H,6H2,1H3;4H,2-3,6H2,1H3,(H,7,8)(H,9,10)/t8-;;;;/m0..../s1. The number of aromatic nitrogens is 1. The number of nitrogens with two attached hydrogens (primary N) is 1. The van der Waals surface area contributed by atoms with Crippen LogP contribution < -0.4 is 25.0 Å². The highest BCUT2D eigenvalue weighted by molar-refractivity contribution is 7.90. The van der Waals surface area contributed by atoms with Gasteiger partial charge in [-0.3, -0.25) is 23.7 Å². The Morgan fingerprint density at radius 2 is 1.47 bits per heavy atom. The molecule has 8 rings (SSSR count). The molecule has 2 amide bonds. The van der Waals surface area contributed by atoms with Crippen molar-refractivity contribution in [1.29, 1.82) is 0 Å². The van der Waals surface area contributed by atoms with Crippen molar-refractivity contribution in [3.8, 4) is 17.2 Å². The van der Waals surface area contributed by atoms with Crippen LogP contribution in [0, 0.1) is 6.92 Å². The van der Waals surface area contributed by atoms with E-state index in [1.54, 1.807) is 16.9 Å². The number of ketones is 1. The maximum Gasteiger partial charge on any atom is 0.416 e. The lowest BCUT2D eigenvalue weighted by Crippen LogP contribution is -2.47. The number of sulfone groups is 1. The molecule has 530 valence electrons. The van der Waals surface area contributed by atoms with Crippen LogP contribution in [0.2, 0.25) is 10.0 Å². The molecular weight excluding hydrogens is 1440 g/mol. The number of para-hydroxylation sites is 3. The largest absolute Gasteiger partial charge is 0.489 e. The van der Waals surface area contributed by atoms with Crippen LogP contribution in [0.5, 0.6) is 17.2 Å². The summed E-state index contributed by atoms with van der Waals surface area (Å²) in [7, 11) is -5.51. The molecule has 5 atom stereocenters. The predicted octanol–water partition coefficient (Wildman–Crippen LogP) is 14.1. The Balaban J connectivity index is 0.000000265. The number of nitrogens with zero attached hydrogens (tertiary/aromatic N) is 3. The van der Waals surface area contributed by atoms with Crippen molar-refractivity contribution in [1.82, 2.24) is 5.16 Å². The van der Waals surface area contributed by atoms with E-state index in [2.05, 4.69) is 18.1 Å². The fraction of sp³-hybridized carbons (Fsp3) is 0.381. The van der Waals surface area contributed by atoms with Crippen LogP contribution in [0.4, 0.5) is 37.7 Å². The molecule has 1 saturated carbocycles. The van der Waals surface area contributed by atoms with Gasteiger partial charge in [-0.15, -0.1) is 11.6 Å². The molecule has 5 N–H and O–H groups in total. The summed E-state index contributed by atoms with van der Waals surface area (Å²) in [6, 6.07) is 20.7. The zero-order valence-corrected chi connectivity index (χ0v) is 58.4. The van der Waals surface area contributed by atoms with E-state index in [0.29, 0.717) is 42.9 Å². The third-order valence-electron chi connectivity index (χ3n) is 13.8. The molecule has 0 saturated heterocycles. The molecule has 5 aromatic carbocycles. The number of rotatable bonds is 20. The highest BCUT2D eigenvalue weighted by Crippen LogP contribution is 2.43. The zero-order valence-electron chi connectivity index (χ0n) is 52.9. The minimum absolute atomic E-state index is 0.0223. The van der Waals surface area contributed by atoms with E-state index in [0.717, 1.165) is 79.2 Å². The minimum Gasteiger partial charge on any atom is -0.489 e. The highest BCUT2D eigenvalue weighted by Gasteiger charge is 2.38. The second kappa shape index (κ2) is 36.2. The number of anilines is 2. The van der Waals surface area contributed by atoms with Crippen LogP contribution in [0.25, 0.3) is 0 Å².